The Morgan fingerprint density at radius 2 is 0.509 bits per heavy atom. The third-order valence-electron chi connectivity index (χ3n) is 25.1. The van der Waals surface area contributed by atoms with Crippen molar-refractivity contribution in [3.05, 3.63) is 442 Å². The van der Waals surface area contributed by atoms with Crippen LogP contribution in [0.3, 0.4) is 0 Å². The van der Waals surface area contributed by atoms with Gasteiger partial charge in [-0.25, -0.2) is 0 Å². The predicted octanol–water partition coefficient (Wildman–Crippen LogP) is 27.6. The Morgan fingerprint density at radius 1 is 0.213 bits per heavy atom. The van der Waals surface area contributed by atoms with Crippen LogP contribution in [0.4, 0.5) is 34.1 Å². The SMILES string of the molecule is Cc1ccc(N(c2ccc3c(c2)C2(c4ccccc4-c4ccccc42)c2ccccc2-3)c2cc(C3(C)CC(C)(C)c4cc(N(c5ccc(C)c(-c6ccccc6)c5)c5ccc6c(c5)C5(c7ccccc7-c7ccccc75)c5ccccc5-6)c(-c5ccccc5)cc43)ccc2-c2ccccc2)cc1-c1ccccc1. The quantitative estimate of drug-likeness (QED) is 0.127. The first kappa shape index (κ1) is 63.6. The van der Waals surface area contributed by atoms with Crippen LogP contribution in [0, 0.1) is 13.8 Å². The fourth-order valence-corrected chi connectivity index (χ4v) is 20.5. The lowest BCUT2D eigenvalue weighted by atomic mass is 9.70. The van der Waals surface area contributed by atoms with Gasteiger partial charge in [-0.2, -0.15) is 0 Å². The van der Waals surface area contributed by atoms with Crippen molar-refractivity contribution in [1.29, 1.82) is 0 Å². The molecule has 0 radical (unpaired) electrons. The van der Waals surface area contributed by atoms with Gasteiger partial charge in [0.2, 0.25) is 0 Å². The Morgan fingerprint density at radius 3 is 0.889 bits per heavy atom. The molecule has 512 valence electrons. The lowest BCUT2D eigenvalue weighted by Crippen LogP contribution is -2.26. The van der Waals surface area contributed by atoms with E-state index in [-0.39, 0.29) is 5.41 Å². The van der Waals surface area contributed by atoms with E-state index in [1.165, 1.54) is 145 Å². The van der Waals surface area contributed by atoms with E-state index in [4.69, 9.17) is 0 Å². The molecule has 108 heavy (non-hydrogen) atoms. The van der Waals surface area contributed by atoms with Gasteiger partial charge in [0.15, 0.2) is 0 Å². The molecule has 5 aliphatic rings. The Kier molecular flexibility index (Phi) is 14.2. The third-order valence-corrected chi connectivity index (χ3v) is 25.1. The molecule has 0 saturated heterocycles. The lowest BCUT2D eigenvalue weighted by molar-refractivity contribution is 0.425. The van der Waals surface area contributed by atoms with Gasteiger partial charge in [-0.05, 0) is 243 Å². The van der Waals surface area contributed by atoms with E-state index in [2.05, 4.69) is 414 Å². The molecule has 0 N–H and O–H groups in total. The summed E-state index contributed by atoms with van der Waals surface area (Å²) in [7, 11) is 0. The van der Waals surface area contributed by atoms with Crippen molar-refractivity contribution in [2.24, 2.45) is 0 Å². The minimum Gasteiger partial charge on any atom is -0.310 e. The van der Waals surface area contributed by atoms with E-state index in [9.17, 15) is 0 Å². The van der Waals surface area contributed by atoms with Crippen molar-refractivity contribution < 1.29 is 0 Å². The molecular formula is C106H78N2. The van der Waals surface area contributed by atoms with Crippen LogP contribution < -0.4 is 9.80 Å². The Hall–Kier alpha value is -12.9. The number of anilines is 6. The summed E-state index contributed by atoms with van der Waals surface area (Å²) >= 11 is 0. The van der Waals surface area contributed by atoms with Crippen molar-refractivity contribution in [2.45, 2.75) is 62.7 Å². The minimum absolute atomic E-state index is 0.292. The average molecular weight is 1380 g/mol. The van der Waals surface area contributed by atoms with Gasteiger partial charge in [0.1, 0.15) is 0 Å². The molecule has 5 aliphatic carbocycles. The van der Waals surface area contributed by atoms with Crippen molar-refractivity contribution in [3.8, 4) is 89.0 Å². The van der Waals surface area contributed by atoms with E-state index in [1.54, 1.807) is 0 Å². The predicted molar refractivity (Wildman–Crippen MR) is 450 cm³/mol. The number of rotatable bonds is 11. The fraction of sp³-hybridized carbons (Fsp3) is 0.0943. The summed E-state index contributed by atoms with van der Waals surface area (Å²) in [6.07, 6.45) is 0.874. The summed E-state index contributed by atoms with van der Waals surface area (Å²) in [6, 6.07) is 141. The van der Waals surface area contributed by atoms with E-state index in [0.29, 0.717) is 0 Å². The molecule has 0 fully saturated rings. The molecule has 2 heteroatoms. The first-order valence-electron chi connectivity index (χ1n) is 38.3. The highest BCUT2D eigenvalue weighted by molar-refractivity contribution is 6.01. The van der Waals surface area contributed by atoms with Gasteiger partial charge in [-0.1, -0.05) is 324 Å². The highest BCUT2D eigenvalue weighted by Gasteiger charge is 2.54. The topological polar surface area (TPSA) is 6.48 Å². The lowest BCUT2D eigenvalue weighted by Gasteiger charge is -2.35. The van der Waals surface area contributed by atoms with Crippen molar-refractivity contribution >= 4 is 34.1 Å². The molecule has 2 nitrogen and oxygen atoms in total. The second kappa shape index (κ2) is 24.1. The molecule has 16 aromatic carbocycles. The Labute approximate surface area is 633 Å². The van der Waals surface area contributed by atoms with Gasteiger partial charge in [0.25, 0.3) is 0 Å². The molecule has 1 atom stereocenters. The van der Waals surface area contributed by atoms with Crippen molar-refractivity contribution in [3.63, 3.8) is 0 Å². The molecule has 0 bridgehead atoms. The highest BCUT2D eigenvalue weighted by atomic mass is 15.2. The second-order valence-electron chi connectivity index (χ2n) is 31.4. The molecule has 1 unspecified atom stereocenters. The summed E-state index contributed by atoms with van der Waals surface area (Å²) < 4.78 is 0. The number of benzene rings is 16. The largest absolute Gasteiger partial charge is 0.310 e. The first-order valence-corrected chi connectivity index (χ1v) is 38.3. The summed E-state index contributed by atoms with van der Waals surface area (Å²) in [4.78, 5) is 5.22. The zero-order valence-corrected chi connectivity index (χ0v) is 61.3. The van der Waals surface area contributed by atoms with E-state index >= 15 is 0 Å². The maximum absolute atomic E-state index is 2.62. The molecule has 16 aromatic rings. The standard InChI is InChI=1S/C106H78N2/c1-68-50-53-75(61-88(68)71-32-12-7-13-33-71)107(77-55-58-86-84-42-22-28-48-95(84)105(97(86)63-77)91-44-24-18-38-80(91)81-39-19-25-45-92(81)105)101-60-74(52-57-79(101)70-30-10-6-11-31-70)104(5)67-103(3,4)99-66-102(90(65-100(99)104)73-36-16-9-17-37-73)108(76-54-51-69(2)89(62-76)72-34-14-8-15-35-72)78-56-59-87-85-43-23-29-49-96(85)106(98(87)64-78)93-46-26-20-40-82(93)83-41-21-27-47-94(83)106/h6-66H,67H2,1-5H3. The fourth-order valence-electron chi connectivity index (χ4n) is 20.5. The normalized spacial score (nSPS) is 15.5. The number of nitrogens with zero attached hydrogens (tertiary/aromatic N) is 2. The van der Waals surface area contributed by atoms with Crippen LogP contribution in [-0.4, -0.2) is 0 Å². The summed E-state index contributed by atoms with van der Waals surface area (Å²) in [5.74, 6) is 0. The second-order valence-corrected chi connectivity index (χ2v) is 31.4. The van der Waals surface area contributed by atoms with Crippen LogP contribution in [0.25, 0.3) is 89.0 Å². The molecule has 2 spiro atoms. The van der Waals surface area contributed by atoms with Crippen LogP contribution in [0.5, 0.6) is 0 Å². The molecule has 0 aliphatic heterocycles. The third kappa shape index (κ3) is 9.13. The van der Waals surface area contributed by atoms with Crippen LogP contribution in [0.2, 0.25) is 0 Å². The van der Waals surface area contributed by atoms with Crippen LogP contribution in [0.15, 0.2) is 370 Å². The van der Waals surface area contributed by atoms with E-state index < -0.39 is 16.2 Å². The molecular weight excluding hydrogens is 1300 g/mol. The Bertz CT molecular complexity index is 6230. The number of fused-ring (bicyclic) bond motifs is 21. The van der Waals surface area contributed by atoms with Crippen molar-refractivity contribution in [2.75, 3.05) is 9.80 Å². The van der Waals surface area contributed by atoms with Gasteiger partial charge in [0.05, 0.1) is 22.2 Å². The maximum atomic E-state index is 2.62. The van der Waals surface area contributed by atoms with E-state index in [0.717, 1.165) is 57.2 Å². The Balaban J connectivity index is 0.800. The van der Waals surface area contributed by atoms with E-state index in [1.807, 2.05) is 0 Å². The van der Waals surface area contributed by atoms with Crippen molar-refractivity contribution in [1.82, 2.24) is 0 Å². The number of hydrogen-bond donors (Lipinski definition) is 0. The number of aryl methyl sites for hydroxylation is 2. The molecule has 0 amide bonds. The molecule has 0 saturated carbocycles. The highest BCUT2D eigenvalue weighted by Crippen LogP contribution is 2.67. The van der Waals surface area contributed by atoms with Crippen LogP contribution >= 0.6 is 0 Å². The maximum Gasteiger partial charge on any atom is 0.0726 e. The molecule has 21 rings (SSSR count). The van der Waals surface area contributed by atoms with Gasteiger partial charge < -0.3 is 9.80 Å². The zero-order chi connectivity index (χ0) is 72.2. The zero-order valence-electron chi connectivity index (χ0n) is 61.3. The summed E-state index contributed by atoms with van der Waals surface area (Å²) in [5.41, 5.74) is 41.5. The first-order chi connectivity index (χ1) is 53.0. The van der Waals surface area contributed by atoms with Gasteiger partial charge >= 0.3 is 0 Å². The minimum atomic E-state index is -0.544. The van der Waals surface area contributed by atoms with Gasteiger partial charge in [-0.3, -0.25) is 0 Å². The van der Waals surface area contributed by atoms with Gasteiger partial charge in [-0.15, -0.1) is 0 Å². The van der Waals surface area contributed by atoms with Crippen LogP contribution in [-0.2, 0) is 21.7 Å². The van der Waals surface area contributed by atoms with Gasteiger partial charge in [0, 0.05) is 39.3 Å². The smallest absolute Gasteiger partial charge is 0.0726 e. The summed E-state index contributed by atoms with van der Waals surface area (Å²) in [5, 5.41) is 0. The summed E-state index contributed by atoms with van der Waals surface area (Å²) in [6.45, 7) is 12.1. The monoisotopic (exact) mass is 1380 g/mol. The van der Waals surface area contributed by atoms with Crippen LogP contribution in [0.1, 0.15) is 99.5 Å². The molecule has 0 heterocycles. The average Bonchev–Trinajstić information content (AvgIpc) is 1.51. The molecule has 0 aromatic heterocycles. The number of hydrogen-bond acceptors (Lipinski definition) is 2.